The minimum atomic E-state index is -0.770. The van der Waals surface area contributed by atoms with Crippen molar-refractivity contribution in [2.75, 3.05) is 43.4 Å². The summed E-state index contributed by atoms with van der Waals surface area (Å²) in [6.45, 7) is 3.79. The van der Waals surface area contributed by atoms with Crippen LogP contribution in [0.5, 0.6) is 0 Å². The summed E-state index contributed by atoms with van der Waals surface area (Å²) >= 11 is 7.94. The Bertz CT molecular complexity index is 1310. The van der Waals surface area contributed by atoms with Crippen molar-refractivity contribution in [2.24, 2.45) is 0 Å². The molecule has 5 amide bonds. The van der Waals surface area contributed by atoms with Gasteiger partial charge >= 0.3 is 6.03 Å². The van der Waals surface area contributed by atoms with Gasteiger partial charge in [0, 0.05) is 51.3 Å². The normalized spacial score (nSPS) is 20.2. The maximum Gasteiger partial charge on any atom is 0.343 e. The Morgan fingerprint density at radius 2 is 1.72 bits per heavy atom. The smallest absolute Gasteiger partial charge is 0.343 e. The van der Waals surface area contributed by atoms with Gasteiger partial charge < -0.3 is 4.90 Å². The van der Waals surface area contributed by atoms with Gasteiger partial charge in [-0.1, -0.05) is 6.07 Å². The number of halogens is 1. The predicted molar refractivity (Wildman–Crippen MR) is 131 cm³/mol. The number of aryl methyl sites for hydroxylation is 1. The highest BCUT2D eigenvalue weighted by atomic mass is 35.5. The molecule has 0 unspecified atom stereocenters. The molecule has 0 spiro atoms. The number of thioether (sulfide) groups is 1. The van der Waals surface area contributed by atoms with Gasteiger partial charge in [-0.2, -0.15) is 9.99 Å². The summed E-state index contributed by atoms with van der Waals surface area (Å²) in [4.78, 5) is 64.1. The number of rotatable bonds is 4. The number of hydrogen-bond acceptors (Lipinski definition) is 9. The number of imide groups is 2. The van der Waals surface area contributed by atoms with Crippen molar-refractivity contribution in [3.05, 3.63) is 45.9 Å². The minimum Gasteiger partial charge on any atom is -0.353 e. The van der Waals surface area contributed by atoms with E-state index in [9.17, 15) is 19.2 Å². The Balaban J connectivity index is 1.13. The highest BCUT2D eigenvalue weighted by Gasteiger charge is 2.43. The number of nitrogens with zero attached hydrogens (tertiary/aromatic N) is 6. The van der Waals surface area contributed by atoms with E-state index in [1.165, 1.54) is 0 Å². The first-order valence-electron chi connectivity index (χ1n) is 11.7. The monoisotopic (exact) mass is 527 g/mol. The van der Waals surface area contributed by atoms with Gasteiger partial charge in [-0.3, -0.25) is 24.6 Å². The molecule has 4 aliphatic heterocycles. The molecule has 0 bridgehead atoms. The Hall–Kier alpha value is -3.22. The second kappa shape index (κ2) is 9.02. The molecule has 2 saturated heterocycles. The van der Waals surface area contributed by atoms with E-state index in [4.69, 9.17) is 11.6 Å². The van der Waals surface area contributed by atoms with E-state index in [0.29, 0.717) is 6.54 Å². The van der Waals surface area contributed by atoms with Crippen LogP contribution in [0, 0.1) is 0 Å². The number of urea groups is 1. The predicted octanol–water partition coefficient (Wildman–Crippen LogP) is 1.55. The minimum absolute atomic E-state index is 0.0213. The van der Waals surface area contributed by atoms with E-state index in [0.717, 1.165) is 70.3 Å². The second-order valence-electron chi connectivity index (χ2n) is 8.98. The zero-order valence-electron chi connectivity index (χ0n) is 19.2. The molecular weight excluding hydrogens is 506 g/mol. The summed E-state index contributed by atoms with van der Waals surface area (Å²) in [6.07, 6.45) is 0.936. The molecule has 2 aromatic rings. The van der Waals surface area contributed by atoms with Crippen LogP contribution in [0.3, 0.4) is 0 Å². The van der Waals surface area contributed by atoms with Gasteiger partial charge in [-0.05, 0) is 29.3 Å². The maximum absolute atomic E-state index is 13.1. The van der Waals surface area contributed by atoms with Gasteiger partial charge in [0.05, 0.1) is 28.3 Å². The zero-order chi connectivity index (χ0) is 25.0. The number of nitrogens with one attached hydrogen (secondary N) is 1. The molecule has 36 heavy (non-hydrogen) atoms. The first-order chi connectivity index (χ1) is 17.4. The third-order valence-electron chi connectivity index (χ3n) is 6.76. The number of piperazine rings is 1. The Morgan fingerprint density at radius 3 is 2.50 bits per heavy atom. The number of benzene rings is 1. The lowest BCUT2D eigenvalue weighted by Gasteiger charge is -2.36. The van der Waals surface area contributed by atoms with Crippen molar-refractivity contribution in [1.29, 1.82) is 0 Å². The van der Waals surface area contributed by atoms with Gasteiger partial charge in [0.25, 0.3) is 11.8 Å². The fourth-order valence-electron chi connectivity index (χ4n) is 4.95. The lowest BCUT2D eigenvalue weighted by Crippen LogP contribution is -2.58. The highest BCUT2D eigenvalue weighted by Crippen LogP contribution is 2.38. The van der Waals surface area contributed by atoms with Crippen molar-refractivity contribution in [2.45, 2.75) is 24.3 Å². The van der Waals surface area contributed by atoms with E-state index < -0.39 is 23.8 Å². The van der Waals surface area contributed by atoms with Crippen LogP contribution in [0.25, 0.3) is 0 Å². The van der Waals surface area contributed by atoms with Crippen LogP contribution in [-0.4, -0.2) is 87.1 Å². The molecule has 186 valence electrons. The van der Waals surface area contributed by atoms with Gasteiger partial charge in [0.15, 0.2) is 0 Å². The Labute approximate surface area is 215 Å². The molecule has 6 rings (SSSR count). The van der Waals surface area contributed by atoms with Gasteiger partial charge in [-0.25, -0.2) is 14.8 Å². The van der Waals surface area contributed by atoms with Crippen molar-refractivity contribution < 1.29 is 19.2 Å². The third-order valence-corrected chi connectivity index (χ3v) is 8.04. The van der Waals surface area contributed by atoms with Crippen molar-refractivity contribution in [3.8, 4) is 0 Å². The summed E-state index contributed by atoms with van der Waals surface area (Å²) in [5.41, 5.74) is 2.46. The molecule has 11 nitrogen and oxygen atoms in total. The first-order valence-corrected chi connectivity index (χ1v) is 13.0. The number of aromatic nitrogens is 2. The van der Waals surface area contributed by atoms with E-state index in [1.54, 1.807) is 23.9 Å². The van der Waals surface area contributed by atoms with Crippen molar-refractivity contribution in [1.82, 2.24) is 30.2 Å². The van der Waals surface area contributed by atoms with Gasteiger partial charge in [0.1, 0.15) is 5.82 Å². The van der Waals surface area contributed by atoms with Crippen LogP contribution in [-0.2, 0) is 17.8 Å². The summed E-state index contributed by atoms with van der Waals surface area (Å²) in [5, 5.41) is 4.26. The topological polar surface area (TPSA) is 119 Å². The molecule has 0 saturated carbocycles. The van der Waals surface area contributed by atoms with Gasteiger partial charge in [0.2, 0.25) is 11.2 Å². The average molecular weight is 528 g/mol. The molecule has 0 aliphatic carbocycles. The zero-order valence-corrected chi connectivity index (χ0v) is 20.8. The Morgan fingerprint density at radius 1 is 0.944 bits per heavy atom. The molecule has 0 atom stereocenters. The largest absolute Gasteiger partial charge is 0.353 e. The van der Waals surface area contributed by atoms with Crippen molar-refractivity contribution in [3.63, 3.8) is 0 Å². The van der Waals surface area contributed by atoms with Crippen LogP contribution in [0.1, 0.15) is 38.4 Å². The molecule has 13 heteroatoms. The van der Waals surface area contributed by atoms with E-state index in [-0.39, 0.29) is 29.4 Å². The average Bonchev–Trinajstić information content (AvgIpc) is 3.42. The molecular formula is C23H22ClN7O4S. The number of carbonyl (C=O) groups excluding carboxylic acids is 4. The molecule has 1 aromatic heterocycles. The number of hydrazine groups is 1. The number of anilines is 1. The van der Waals surface area contributed by atoms with Crippen LogP contribution >= 0.6 is 23.4 Å². The quantitative estimate of drug-likeness (QED) is 0.466. The fraction of sp³-hybridized carbons (Fsp3) is 0.391. The molecule has 1 aromatic carbocycles. The molecule has 5 heterocycles. The standard InChI is InChI=1S/C23H22ClN7O4S/c24-22-25-16-4-10-36-18(16)19(27-22)29-8-6-28(7-9-29)12-13-1-2-14-15(11-13)21(34)31(20(14)33)30-5-3-17(32)26-23(30)35/h1-2,11H,3-10,12H2,(H,26,32,35). The molecule has 1 N–H and O–H groups in total. The number of fused-ring (bicyclic) bond motifs is 2. The fourth-order valence-corrected chi connectivity index (χ4v) is 6.25. The highest BCUT2D eigenvalue weighted by molar-refractivity contribution is 7.99. The van der Waals surface area contributed by atoms with Crippen LogP contribution in [0.2, 0.25) is 5.28 Å². The lowest BCUT2D eigenvalue weighted by molar-refractivity contribution is -0.122. The third kappa shape index (κ3) is 3.98. The van der Waals surface area contributed by atoms with E-state index >= 15 is 0 Å². The molecule has 2 fully saturated rings. The lowest BCUT2D eigenvalue weighted by atomic mass is 10.1. The molecule has 4 aliphatic rings. The van der Waals surface area contributed by atoms with E-state index in [2.05, 4.69) is 25.1 Å². The van der Waals surface area contributed by atoms with E-state index in [1.807, 2.05) is 6.07 Å². The number of hydrogen-bond donors (Lipinski definition) is 1. The van der Waals surface area contributed by atoms with Gasteiger partial charge in [-0.15, -0.1) is 11.8 Å². The van der Waals surface area contributed by atoms with Crippen molar-refractivity contribution >= 4 is 52.9 Å². The van der Waals surface area contributed by atoms with Crippen LogP contribution < -0.4 is 10.2 Å². The van der Waals surface area contributed by atoms with Crippen LogP contribution in [0.4, 0.5) is 10.6 Å². The summed E-state index contributed by atoms with van der Waals surface area (Å²) in [6, 6.07) is 4.43. The molecule has 0 radical (unpaired) electrons. The maximum atomic E-state index is 13.1. The summed E-state index contributed by atoms with van der Waals surface area (Å²) < 4.78 is 0. The first kappa shape index (κ1) is 23.2. The second-order valence-corrected chi connectivity index (χ2v) is 10.4. The summed E-state index contributed by atoms with van der Waals surface area (Å²) in [5.74, 6) is 0.361. The SMILES string of the molecule is O=C1CCN(N2C(=O)c3ccc(CN4CCN(c5nc(Cl)nc6c5SCC6)CC4)cc3C2=O)C(=O)N1. The number of amides is 5. The Kier molecular flexibility index (Phi) is 5.81. The van der Waals surface area contributed by atoms with Crippen LogP contribution in [0.15, 0.2) is 23.1 Å². The number of carbonyl (C=O) groups is 4. The summed E-state index contributed by atoms with van der Waals surface area (Å²) in [7, 11) is 0.